The molecule has 7 heteroatoms. The third kappa shape index (κ3) is 5.51. The van der Waals surface area contributed by atoms with Crippen LogP contribution in [0.2, 0.25) is 0 Å². The molecule has 0 N–H and O–H groups in total. The van der Waals surface area contributed by atoms with Crippen LogP contribution < -0.4 is 0 Å². The Labute approximate surface area is 157 Å². The van der Waals surface area contributed by atoms with Crippen molar-refractivity contribution < 1.29 is 33.4 Å². The van der Waals surface area contributed by atoms with Crippen LogP contribution in [0.25, 0.3) is 0 Å². The van der Waals surface area contributed by atoms with Gasteiger partial charge in [-0.15, -0.1) is 0 Å². The fourth-order valence-corrected chi connectivity index (χ4v) is 2.91. The van der Waals surface area contributed by atoms with Crippen LogP contribution in [0.1, 0.15) is 43.1 Å². The smallest absolute Gasteiger partial charge is 0.303 e. The number of aryl methyl sites for hydroxylation is 1. The van der Waals surface area contributed by atoms with Gasteiger partial charge in [0.25, 0.3) is 0 Å². The predicted octanol–water partition coefficient (Wildman–Crippen LogP) is 2.30. The lowest BCUT2D eigenvalue weighted by Crippen LogP contribution is -2.47. The van der Waals surface area contributed by atoms with Gasteiger partial charge in [-0.25, -0.2) is 0 Å². The molecule has 3 atom stereocenters. The number of hydrogen-bond acceptors (Lipinski definition) is 7. The van der Waals surface area contributed by atoms with E-state index in [2.05, 4.69) is 0 Å². The van der Waals surface area contributed by atoms with Crippen molar-refractivity contribution in [2.45, 2.75) is 52.4 Å². The fourth-order valence-electron chi connectivity index (χ4n) is 2.91. The number of esters is 3. The van der Waals surface area contributed by atoms with Gasteiger partial charge in [0.1, 0.15) is 6.10 Å². The molecule has 27 heavy (non-hydrogen) atoms. The van der Waals surface area contributed by atoms with Crippen molar-refractivity contribution in [1.29, 1.82) is 0 Å². The van der Waals surface area contributed by atoms with Gasteiger partial charge in [-0.3, -0.25) is 19.2 Å². The summed E-state index contributed by atoms with van der Waals surface area (Å²) in [6.45, 7) is 5.53. The minimum atomic E-state index is -1.03. The minimum absolute atomic E-state index is 0.0437. The summed E-state index contributed by atoms with van der Waals surface area (Å²) >= 11 is 0. The number of benzene rings is 1. The van der Waals surface area contributed by atoms with Gasteiger partial charge in [-0.1, -0.05) is 29.8 Å². The normalized spacial score (nSPS) is 21.6. The van der Waals surface area contributed by atoms with Crippen LogP contribution in [-0.4, -0.2) is 42.0 Å². The molecule has 0 bridgehead atoms. The van der Waals surface area contributed by atoms with Gasteiger partial charge in [0, 0.05) is 38.3 Å². The zero-order valence-corrected chi connectivity index (χ0v) is 15.7. The lowest BCUT2D eigenvalue weighted by Gasteiger charge is -2.34. The van der Waals surface area contributed by atoms with Crippen molar-refractivity contribution in [3.63, 3.8) is 0 Å². The average Bonchev–Trinajstić information content (AvgIpc) is 2.56. The molecule has 0 unspecified atom stereocenters. The topological polar surface area (TPSA) is 96.0 Å². The van der Waals surface area contributed by atoms with Crippen molar-refractivity contribution in [3.05, 3.63) is 47.0 Å². The van der Waals surface area contributed by atoms with Crippen molar-refractivity contribution in [2.24, 2.45) is 0 Å². The van der Waals surface area contributed by atoms with E-state index in [0.717, 1.165) is 5.56 Å². The first-order chi connectivity index (χ1) is 12.7. The molecule has 144 valence electrons. The molecule has 0 aliphatic heterocycles. The second-order valence-corrected chi connectivity index (χ2v) is 6.39. The van der Waals surface area contributed by atoms with Gasteiger partial charge in [0.2, 0.25) is 0 Å². The molecule has 0 radical (unpaired) electrons. The van der Waals surface area contributed by atoms with Gasteiger partial charge < -0.3 is 14.2 Å². The maximum Gasteiger partial charge on any atom is 0.303 e. The molecule has 0 amide bonds. The molecule has 0 spiro atoms. The Morgan fingerprint density at radius 1 is 0.852 bits per heavy atom. The molecular formula is C20H22O7. The first-order valence-corrected chi connectivity index (χ1v) is 8.51. The van der Waals surface area contributed by atoms with E-state index in [1.165, 1.54) is 26.8 Å². The lowest BCUT2D eigenvalue weighted by molar-refractivity contribution is -0.180. The molecule has 0 saturated heterocycles. The molecule has 7 nitrogen and oxygen atoms in total. The molecule has 0 saturated carbocycles. The van der Waals surface area contributed by atoms with Gasteiger partial charge in [-0.2, -0.15) is 0 Å². The zero-order chi connectivity index (χ0) is 20.1. The average molecular weight is 374 g/mol. The number of rotatable bonds is 5. The van der Waals surface area contributed by atoms with Crippen LogP contribution >= 0.6 is 0 Å². The van der Waals surface area contributed by atoms with E-state index in [9.17, 15) is 19.2 Å². The Kier molecular flexibility index (Phi) is 6.50. The Balaban J connectivity index is 2.40. The van der Waals surface area contributed by atoms with Crippen LogP contribution in [0.4, 0.5) is 0 Å². The van der Waals surface area contributed by atoms with E-state index >= 15 is 0 Å². The summed E-state index contributed by atoms with van der Waals surface area (Å²) in [7, 11) is 0. The quantitative estimate of drug-likeness (QED) is 0.443. The summed E-state index contributed by atoms with van der Waals surface area (Å²) < 4.78 is 15.7. The Hall–Kier alpha value is -2.96. The van der Waals surface area contributed by atoms with Crippen molar-refractivity contribution >= 4 is 23.7 Å². The highest BCUT2D eigenvalue weighted by molar-refractivity contribution is 6.09. The molecule has 1 aromatic carbocycles. The van der Waals surface area contributed by atoms with Gasteiger partial charge >= 0.3 is 17.9 Å². The monoisotopic (exact) mass is 374 g/mol. The maximum absolute atomic E-state index is 12.8. The first kappa shape index (κ1) is 20.4. The van der Waals surface area contributed by atoms with E-state index in [4.69, 9.17) is 14.2 Å². The number of hydrogen-bond donors (Lipinski definition) is 0. The third-order valence-electron chi connectivity index (χ3n) is 4.00. The molecule has 0 aromatic heterocycles. The molecule has 1 aromatic rings. The SMILES string of the molecule is CC(=O)O[C@@H]1[C@H](OC(C)=O)C=C(C(=O)c2ccc(C)cc2)C[C@H]1OC(C)=O. The van der Waals surface area contributed by atoms with Crippen molar-refractivity contribution in [3.8, 4) is 0 Å². The maximum atomic E-state index is 12.8. The summed E-state index contributed by atoms with van der Waals surface area (Å²) in [6, 6.07) is 7.01. The predicted molar refractivity (Wildman–Crippen MR) is 94.9 cm³/mol. The van der Waals surface area contributed by atoms with E-state index in [0.29, 0.717) is 11.1 Å². The Morgan fingerprint density at radius 3 is 1.93 bits per heavy atom. The van der Waals surface area contributed by atoms with Gasteiger partial charge in [0.05, 0.1) is 0 Å². The third-order valence-corrected chi connectivity index (χ3v) is 4.00. The number of ether oxygens (including phenoxy) is 3. The summed E-state index contributed by atoms with van der Waals surface area (Å²) in [5, 5.41) is 0. The molecule has 2 rings (SSSR count). The van der Waals surface area contributed by atoms with E-state index in [1.807, 2.05) is 19.1 Å². The molecule has 1 aliphatic carbocycles. The Bertz CT molecular complexity index is 776. The van der Waals surface area contributed by atoms with Crippen LogP contribution in [-0.2, 0) is 28.6 Å². The second kappa shape index (κ2) is 8.62. The summed E-state index contributed by atoms with van der Waals surface area (Å²) in [5.41, 5.74) is 1.79. The highest BCUT2D eigenvalue weighted by Gasteiger charge is 2.41. The first-order valence-electron chi connectivity index (χ1n) is 8.51. The number of ketones is 1. The highest BCUT2D eigenvalue weighted by Crippen LogP contribution is 2.29. The van der Waals surface area contributed by atoms with Crippen LogP contribution in [0.3, 0.4) is 0 Å². The standard InChI is InChI=1S/C20H22O7/c1-11-5-7-15(8-6-11)19(24)16-9-17(25-12(2)21)20(27-14(4)23)18(10-16)26-13(3)22/h5-9,17-18,20H,10H2,1-4H3/t17-,18-,20-/m1/s1. The molecule has 1 aliphatic rings. The molecular weight excluding hydrogens is 352 g/mol. The van der Waals surface area contributed by atoms with Crippen molar-refractivity contribution in [1.82, 2.24) is 0 Å². The number of carbonyl (C=O) groups excluding carboxylic acids is 4. The van der Waals surface area contributed by atoms with Crippen molar-refractivity contribution in [2.75, 3.05) is 0 Å². The minimum Gasteiger partial charge on any atom is -0.458 e. The molecule has 0 heterocycles. The van der Waals surface area contributed by atoms with Crippen LogP contribution in [0.15, 0.2) is 35.9 Å². The summed E-state index contributed by atoms with van der Waals surface area (Å²) in [6.07, 6.45) is -1.50. The van der Waals surface area contributed by atoms with E-state index in [1.54, 1.807) is 12.1 Å². The van der Waals surface area contributed by atoms with Crippen LogP contribution in [0, 0.1) is 6.92 Å². The van der Waals surface area contributed by atoms with Gasteiger partial charge in [-0.05, 0) is 13.0 Å². The Morgan fingerprint density at radius 2 is 1.41 bits per heavy atom. The number of carbonyl (C=O) groups is 4. The second-order valence-electron chi connectivity index (χ2n) is 6.39. The number of Topliss-reactive ketones (excluding diaryl/α,β-unsaturated/α-hetero) is 1. The lowest BCUT2D eigenvalue weighted by atomic mass is 9.87. The van der Waals surface area contributed by atoms with Gasteiger partial charge in [0.15, 0.2) is 18.0 Å². The van der Waals surface area contributed by atoms with E-state index < -0.39 is 36.2 Å². The zero-order valence-electron chi connectivity index (χ0n) is 15.7. The fraction of sp³-hybridized carbons (Fsp3) is 0.400. The highest BCUT2D eigenvalue weighted by atomic mass is 16.6. The summed E-state index contributed by atoms with van der Waals surface area (Å²) in [4.78, 5) is 47.3. The van der Waals surface area contributed by atoms with Crippen LogP contribution in [0.5, 0.6) is 0 Å². The summed E-state index contributed by atoms with van der Waals surface area (Å²) in [5.74, 6) is -2.09. The largest absolute Gasteiger partial charge is 0.458 e. The molecule has 0 fully saturated rings. The van der Waals surface area contributed by atoms with E-state index in [-0.39, 0.29) is 12.2 Å².